The van der Waals surface area contributed by atoms with Crippen LogP contribution in [0, 0.1) is 11.6 Å². The van der Waals surface area contributed by atoms with Crippen LogP contribution in [0.1, 0.15) is 40.0 Å². The Kier molecular flexibility index (Phi) is 8.02. The van der Waals surface area contributed by atoms with E-state index in [0.717, 1.165) is 18.2 Å². The van der Waals surface area contributed by atoms with Crippen molar-refractivity contribution in [3.05, 3.63) is 23.8 Å². The van der Waals surface area contributed by atoms with Crippen molar-refractivity contribution in [3.8, 4) is 0 Å². The summed E-state index contributed by atoms with van der Waals surface area (Å²) in [5, 5.41) is 1.73. The number of esters is 1. The van der Waals surface area contributed by atoms with Gasteiger partial charge >= 0.3 is 5.97 Å². The summed E-state index contributed by atoms with van der Waals surface area (Å²) in [6.07, 6.45) is 1.94. The maximum absolute atomic E-state index is 14.0. The molecule has 0 aromatic heterocycles. The Hall–Kier alpha value is -1.63. The van der Waals surface area contributed by atoms with Crippen LogP contribution in [0.3, 0.4) is 0 Å². The smallest absolute Gasteiger partial charge is 0.319 e. The van der Waals surface area contributed by atoms with Crippen molar-refractivity contribution in [2.45, 2.75) is 50.2 Å². The number of carbonyl (C=O) groups is 2. The highest BCUT2D eigenvalue weighted by molar-refractivity contribution is 8.00. The molecule has 1 unspecified atom stereocenters. The number of amides is 1. The molecule has 0 aliphatic carbocycles. The second kappa shape index (κ2) is 9.50. The first kappa shape index (κ1) is 19.4. The first-order valence-corrected chi connectivity index (χ1v) is 8.36. The van der Waals surface area contributed by atoms with Gasteiger partial charge in [-0.15, -0.1) is 11.8 Å². The minimum absolute atomic E-state index is 0.0991. The molecule has 0 spiro atoms. The van der Waals surface area contributed by atoms with Gasteiger partial charge in [-0.25, -0.2) is 8.78 Å². The standard InChI is InChI=1S/C16H21F2NO3S/c1-4-6-14(16(21)22-7-5-2)23-15-9-13(19-10(3)20)11(17)8-12(15)18/h8-9,14H,4-7H2,1-3H3,(H,19,20). The van der Waals surface area contributed by atoms with Gasteiger partial charge in [0.15, 0.2) is 0 Å². The summed E-state index contributed by atoms with van der Waals surface area (Å²) >= 11 is 0.981. The number of rotatable bonds is 8. The van der Waals surface area contributed by atoms with Gasteiger partial charge in [0.1, 0.15) is 16.9 Å². The summed E-state index contributed by atoms with van der Waals surface area (Å²) in [5.41, 5.74) is -0.112. The number of anilines is 1. The molecule has 128 valence electrons. The molecule has 1 amide bonds. The third kappa shape index (κ3) is 6.17. The highest BCUT2D eigenvalue weighted by Gasteiger charge is 2.23. The van der Waals surface area contributed by atoms with Gasteiger partial charge < -0.3 is 10.1 Å². The molecule has 0 radical (unpaired) electrons. The highest BCUT2D eigenvalue weighted by atomic mass is 32.2. The van der Waals surface area contributed by atoms with Crippen molar-refractivity contribution >= 4 is 29.3 Å². The summed E-state index contributed by atoms with van der Waals surface area (Å²) in [6, 6.07) is 1.90. The molecule has 4 nitrogen and oxygen atoms in total. The van der Waals surface area contributed by atoms with Crippen LogP contribution in [0.4, 0.5) is 14.5 Å². The molecule has 23 heavy (non-hydrogen) atoms. The van der Waals surface area contributed by atoms with E-state index < -0.39 is 28.8 Å². The Bertz CT molecular complexity index is 567. The van der Waals surface area contributed by atoms with Gasteiger partial charge in [-0.05, 0) is 18.9 Å². The lowest BCUT2D eigenvalue weighted by Gasteiger charge is -2.16. The largest absolute Gasteiger partial charge is 0.465 e. The molecule has 0 aliphatic rings. The molecule has 1 aromatic rings. The van der Waals surface area contributed by atoms with Gasteiger partial charge in [0, 0.05) is 17.9 Å². The van der Waals surface area contributed by atoms with Crippen LogP contribution in [-0.2, 0) is 14.3 Å². The molecule has 1 aromatic carbocycles. The summed E-state index contributed by atoms with van der Waals surface area (Å²) in [6.45, 7) is 5.33. The van der Waals surface area contributed by atoms with Crippen molar-refractivity contribution in [3.63, 3.8) is 0 Å². The monoisotopic (exact) mass is 345 g/mol. The molecule has 1 rings (SSSR count). The molecule has 7 heteroatoms. The minimum atomic E-state index is -0.859. The second-order valence-electron chi connectivity index (χ2n) is 5.01. The average Bonchev–Trinajstić information content (AvgIpc) is 2.48. The Labute approximate surface area is 139 Å². The fourth-order valence-electron chi connectivity index (χ4n) is 1.84. The van der Waals surface area contributed by atoms with Crippen LogP contribution in [0.25, 0.3) is 0 Å². The van der Waals surface area contributed by atoms with Crippen LogP contribution in [-0.4, -0.2) is 23.7 Å². The second-order valence-corrected chi connectivity index (χ2v) is 6.25. The molecule has 1 N–H and O–H groups in total. The van der Waals surface area contributed by atoms with Crippen LogP contribution >= 0.6 is 11.8 Å². The van der Waals surface area contributed by atoms with Gasteiger partial charge in [-0.3, -0.25) is 9.59 Å². The van der Waals surface area contributed by atoms with E-state index in [2.05, 4.69) is 5.32 Å². The summed E-state index contributed by atoms with van der Waals surface area (Å²) < 4.78 is 32.7. The van der Waals surface area contributed by atoms with Crippen molar-refractivity contribution in [2.24, 2.45) is 0 Å². The van der Waals surface area contributed by atoms with Gasteiger partial charge in [-0.1, -0.05) is 20.3 Å². The predicted molar refractivity (Wildman–Crippen MR) is 86.5 cm³/mol. The van der Waals surface area contributed by atoms with Crippen molar-refractivity contribution < 1.29 is 23.1 Å². The van der Waals surface area contributed by atoms with Gasteiger partial charge in [0.2, 0.25) is 5.91 Å². The summed E-state index contributed by atoms with van der Waals surface area (Å²) in [7, 11) is 0. The third-order valence-electron chi connectivity index (χ3n) is 2.86. The van der Waals surface area contributed by atoms with E-state index in [4.69, 9.17) is 4.74 Å². The van der Waals surface area contributed by atoms with Crippen LogP contribution in [0.15, 0.2) is 17.0 Å². The zero-order valence-electron chi connectivity index (χ0n) is 13.4. The van der Waals surface area contributed by atoms with E-state index in [-0.39, 0.29) is 10.6 Å². The number of benzene rings is 1. The fraction of sp³-hybridized carbons (Fsp3) is 0.500. The van der Waals surface area contributed by atoms with Crippen molar-refractivity contribution in [1.29, 1.82) is 0 Å². The number of carbonyl (C=O) groups excluding carboxylic acids is 2. The Morgan fingerprint density at radius 3 is 2.48 bits per heavy atom. The lowest BCUT2D eigenvalue weighted by atomic mass is 10.2. The van der Waals surface area contributed by atoms with E-state index >= 15 is 0 Å². The molecule has 0 heterocycles. The molecule has 0 saturated heterocycles. The number of thioether (sulfide) groups is 1. The van der Waals surface area contributed by atoms with Gasteiger partial charge in [0.25, 0.3) is 0 Å². The van der Waals surface area contributed by atoms with E-state index in [9.17, 15) is 18.4 Å². The van der Waals surface area contributed by atoms with Crippen molar-refractivity contribution in [1.82, 2.24) is 0 Å². The van der Waals surface area contributed by atoms with Gasteiger partial charge in [-0.2, -0.15) is 0 Å². The lowest BCUT2D eigenvalue weighted by molar-refractivity contribution is -0.143. The number of nitrogens with one attached hydrogen (secondary N) is 1. The molecular weight excluding hydrogens is 324 g/mol. The number of hydrogen-bond donors (Lipinski definition) is 1. The number of ether oxygens (including phenoxy) is 1. The first-order valence-electron chi connectivity index (χ1n) is 7.48. The SMILES string of the molecule is CCCOC(=O)C(CCC)Sc1cc(NC(C)=O)c(F)cc1F. The molecule has 0 fully saturated rings. The third-order valence-corrected chi connectivity index (χ3v) is 4.14. The van der Waals surface area contributed by atoms with Crippen molar-refractivity contribution in [2.75, 3.05) is 11.9 Å². The lowest BCUT2D eigenvalue weighted by Crippen LogP contribution is -2.21. The maximum Gasteiger partial charge on any atom is 0.319 e. The fourth-order valence-corrected chi connectivity index (χ4v) is 3.02. The molecular formula is C16H21F2NO3S. The van der Waals surface area contributed by atoms with Crippen LogP contribution in [0.5, 0.6) is 0 Å². The van der Waals surface area contributed by atoms with E-state index in [0.29, 0.717) is 25.5 Å². The molecule has 0 aliphatic heterocycles. The average molecular weight is 345 g/mol. The molecule has 0 saturated carbocycles. The predicted octanol–water partition coefficient (Wildman–Crippen LogP) is 4.14. The van der Waals surface area contributed by atoms with E-state index in [1.807, 2.05) is 13.8 Å². The first-order chi connectivity index (χ1) is 10.9. The summed E-state index contributed by atoms with van der Waals surface area (Å²) in [4.78, 5) is 23.2. The van der Waals surface area contributed by atoms with E-state index in [1.54, 1.807) is 0 Å². The minimum Gasteiger partial charge on any atom is -0.465 e. The normalized spacial score (nSPS) is 11.9. The molecule has 0 bridgehead atoms. The Morgan fingerprint density at radius 2 is 1.91 bits per heavy atom. The van der Waals surface area contributed by atoms with E-state index in [1.165, 1.54) is 13.0 Å². The zero-order valence-corrected chi connectivity index (χ0v) is 14.3. The summed E-state index contributed by atoms with van der Waals surface area (Å²) in [5.74, 6) is -2.50. The Morgan fingerprint density at radius 1 is 1.22 bits per heavy atom. The maximum atomic E-state index is 14.0. The quantitative estimate of drug-likeness (QED) is 0.568. The van der Waals surface area contributed by atoms with Crippen LogP contribution in [0.2, 0.25) is 0 Å². The topological polar surface area (TPSA) is 55.4 Å². The van der Waals surface area contributed by atoms with Gasteiger partial charge in [0.05, 0.1) is 12.3 Å². The number of hydrogen-bond acceptors (Lipinski definition) is 4. The zero-order chi connectivity index (χ0) is 17.4. The highest BCUT2D eigenvalue weighted by Crippen LogP contribution is 2.33. The Balaban J connectivity index is 2.98. The molecule has 1 atom stereocenters. The van der Waals surface area contributed by atoms with Crippen LogP contribution < -0.4 is 5.32 Å². The number of halogens is 2.